The molecule has 1 saturated heterocycles. The molecule has 114 valence electrons. The normalized spacial score (nSPS) is 25.6. The third kappa shape index (κ3) is 2.78. The van der Waals surface area contributed by atoms with E-state index in [2.05, 4.69) is 5.32 Å². The Balaban J connectivity index is 1.84. The highest BCUT2D eigenvalue weighted by Crippen LogP contribution is 2.34. The minimum absolute atomic E-state index is 0.0744. The van der Waals surface area contributed by atoms with E-state index in [1.807, 2.05) is 6.92 Å². The van der Waals surface area contributed by atoms with Crippen molar-refractivity contribution in [3.63, 3.8) is 0 Å². The van der Waals surface area contributed by atoms with Gasteiger partial charge in [0, 0.05) is 30.2 Å². The maximum atomic E-state index is 14.2. The Kier molecular flexibility index (Phi) is 4.15. The second kappa shape index (κ2) is 5.91. The van der Waals surface area contributed by atoms with Crippen LogP contribution >= 0.6 is 11.6 Å². The smallest absolute Gasteiger partial charge is 0.253 e. The molecule has 6 heteroatoms. The van der Waals surface area contributed by atoms with Gasteiger partial charge < -0.3 is 15.0 Å². The molecule has 0 saturated carbocycles. The summed E-state index contributed by atoms with van der Waals surface area (Å²) < 4.78 is 19.7. The highest BCUT2D eigenvalue weighted by Gasteiger charge is 2.34. The van der Waals surface area contributed by atoms with Gasteiger partial charge in [-0.1, -0.05) is 11.6 Å². The van der Waals surface area contributed by atoms with E-state index >= 15 is 0 Å². The predicted molar refractivity (Wildman–Crippen MR) is 77.9 cm³/mol. The van der Waals surface area contributed by atoms with Gasteiger partial charge in [-0.05, 0) is 31.0 Å². The molecule has 1 aromatic rings. The summed E-state index contributed by atoms with van der Waals surface area (Å²) in [6.07, 6.45) is 0.140. The van der Waals surface area contributed by atoms with E-state index in [0.717, 1.165) is 12.1 Å². The Morgan fingerprint density at radius 3 is 3.05 bits per heavy atom. The zero-order valence-electron chi connectivity index (χ0n) is 11.9. The largest absolute Gasteiger partial charge is 0.366 e. The van der Waals surface area contributed by atoms with Crippen LogP contribution in [0.1, 0.15) is 24.1 Å². The fourth-order valence-electron chi connectivity index (χ4n) is 3.11. The number of morpholine rings is 1. The second-order valence-corrected chi connectivity index (χ2v) is 5.92. The minimum Gasteiger partial charge on any atom is -0.366 e. The molecular weight excluding hydrogens is 295 g/mol. The summed E-state index contributed by atoms with van der Waals surface area (Å²) in [6, 6.07) is 2.80. The fraction of sp³-hybridized carbons (Fsp3) is 0.533. The van der Waals surface area contributed by atoms with Crippen LogP contribution in [-0.4, -0.2) is 43.2 Å². The van der Waals surface area contributed by atoms with Gasteiger partial charge in [-0.25, -0.2) is 4.39 Å². The van der Waals surface area contributed by atoms with Crippen LogP contribution in [0.2, 0.25) is 5.02 Å². The third-order valence-corrected chi connectivity index (χ3v) is 4.39. The highest BCUT2D eigenvalue weighted by molar-refractivity contribution is 6.30. The van der Waals surface area contributed by atoms with E-state index in [0.29, 0.717) is 36.7 Å². The third-order valence-electron chi connectivity index (χ3n) is 4.17. The average Bonchev–Trinajstić information content (AvgIpc) is 2.47. The standard InChI is InChI=1S/C15H18ClFN2O2/c1-9-14-10(6-11(16)7-12(14)17)2-4-19(9)15(20)13-8-18-3-5-21-13/h6-7,9,13,18H,2-5,8H2,1H3/t9?,13-/m1/s1. The lowest BCUT2D eigenvalue weighted by atomic mass is 9.92. The van der Waals surface area contributed by atoms with Gasteiger partial charge in [-0.15, -0.1) is 0 Å². The van der Waals surface area contributed by atoms with Crippen LogP contribution in [0.5, 0.6) is 0 Å². The van der Waals surface area contributed by atoms with Crippen molar-refractivity contribution in [1.29, 1.82) is 0 Å². The maximum Gasteiger partial charge on any atom is 0.253 e. The molecular formula is C15H18ClFN2O2. The topological polar surface area (TPSA) is 41.6 Å². The van der Waals surface area contributed by atoms with Gasteiger partial charge in [-0.3, -0.25) is 4.79 Å². The van der Waals surface area contributed by atoms with Crippen LogP contribution in [0.15, 0.2) is 12.1 Å². The lowest BCUT2D eigenvalue weighted by Crippen LogP contribution is -2.51. The molecule has 1 fully saturated rings. The summed E-state index contributed by atoms with van der Waals surface area (Å²) in [6.45, 7) is 4.21. The van der Waals surface area contributed by atoms with Gasteiger partial charge >= 0.3 is 0 Å². The van der Waals surface area contributed by atoms with Crippen molar-refractivity contribution >= 4 is 17.5 Å². The molecule has 1 amide bonds. The molecule has 2 aliphatic heterocycles. The molecule has 1 aromatic carbocycles. The summed E-state index contributed by atoms with van der Waals surface area (Å²) in [5.41, 5.74) is 1.46. The summed E-state index contributed by atoms with van der Waals surface area (Å²) in [7, 11) is 0. The number of hydrogen-bond acceptors (Lipinski definition) is 3. The van der Waals surface area contributed by atoms with E-state index < -0.39 is 6.10 Å². The van der Waals surface area contributed by atoms with Crippen molar-refractivity contribution in [2.45, 2.75) is 25.5 Å². The van der Waals surface area contributed by atoms with E-state index in [4.69, 9.17) is 16.3 Å². The van der Waals surface area contributed by atoms with Gasteiger partial charge in [-0.2, -0.15) is 0 Å². The number of nitrogens with one attached hydrogen (secondary N) is 1. The number of halogens is 2. The van der Waals surface area contributed by atoms with Crippen molar-refractivity contribution in [3.8, 4) is 0 Å². The van der Waals surface area contributed by atoms with E-state index in [1.165, 1.54) is 6.07 Å². The van der Waals surface area contributed by atoms with Gasteiger partial charge in [0.05, 0.1) is 12.6 Å². The van der Waals surface area contributed by atoms with Gasteiger partial charge in [0.1, 0.15) is 11.9 Å². The molecule has 1 unspecified atom stereocenters. The number of fused-ring (bicyclic) bond motifs is 1. The molecule has 2 aliphatic rings. The number of carbonyl (C=O) groups excluding carboxylic acids is 1. The monoisotopic (exact) mass is 312 g/mol. The molecule has 21 heavy (non-hydrogen) atoms. The van der Waals surface area contributed by atoms with Gasteiger partial charge in [0.2, 0.25) is 0 Å². The summed E-state index contributed by atoms with van der Waals surface area (Å²) in [5, 5.41) is 3.54. The number of hydrogen-bond donors (Lipinski definition) is 1. The predicted octanol–water partition coefficient (Wildman–Crippen LogP) is 1.91. The molecule has 3 rings (SSSR count). The molecule has 4 nitrogen and oxygen atoms in total. The second-order valence-electron chi connectivity index (χ2n) is 5.48. The molecule has 0 aromatic heterocycles. The van der Waals surface area contributed by atoms with Gasteiger partial charge in [0.15, 0.2) is 0 Å². The molecule has 1 N–H and O–H groups in total. The summed E-state index contributed by atoms with van der Waals surface area (Å²) in [5.74, 6) is -0.417. The van der Waals surface area contributed by atoms with Crippen LogP contribution in [0.25, 0.3) is 0 Å². The van der Waals surface area contributed by atoms with Crippen molar-refractivity contribution < 1.29 is 13.9 Å². The zero-order chi connectivity index (χ0) is 15.0. The van der Waals surface area contributed by atoms with Crippen molar-refractivity contribution in [3.05, 3.63) is 34.1 Å². The van der Waals surface area contributed by atoms with Gasteiger partial charge in [0.25, 0.3) is 5.91 Å². The van der Waals surface area contributed by atoms with Crippen LogP contribution < -0.4 is 5.32 Å². The van der Waals surface area contributed by atoms with Crippen LogP contribution in [-0.2, 0) is 16.0 Å². The number of benzene rings is 1. The molecule has 2 atom stereocenters. The maximum absolute atomic E-state index is 14.2. The Morgan fingerprint density at radius 1 is 1.52 bits per heavy atom. The number of nitrogens with zero attached hydrogens (tertiary/aromatic N) is 1. The van der Waals surface area contributed by atoms with Crippen molar-refractivity contribution in [2.75, 3.05) is 26.2 Å². The highest BCUT2D eigenvalue weighted by atomic mass is 35.5. The van der Waals surface area contributed by atoms with Crippen molar-refractivity contribution in [1.82, 2.24) is 10.2 Å². The Labute approximate surface area is 128 Å². The van der Waals surface area contributed by atoms with E-state index in [1.54, 1.807) is 11.0 Å². The number of ether oxygens (including phenoxy) is 1. The fourth-order valence-corrected chi connectivity index (χ4v) is 3.34. The zero-order valence-corrected chi connectivity index (χ0v) is 12.6. The molecule has 0 bridgehead atoms. The minimum atomic E-state index is -0.474. The molecule has 2 heterocycles. The SMILES string of the molecule is CC1c2c(F)cc(Cl)cc2CCN1C(=O)[C@H]1CNCCO1. The number of rotatable bonds is 1. The molecule has 0 aliphatic carbocycles. The Hall–Kier alpha value is -1.17. The van der Waals surface area contributed by atoms with E-state index in [9.17, 15) is 9.18 Å². The van der Waals surface area contributed by atoms with Crippen molar-refractivity contribution in [2.24, 2.45) is 0 Å². The quantitative estimate of drug-likeness (QED) is 0.861. The first kappa shape index (κ1) is 14.8. The van der Waals surface area contributed by atoms with Crippen LogP contribution in [0.3, 0.4) is 0 Å². The van der Waals surface area contributed by atoms with E-state index in [-0.39, 0.29) is 17.8 Å². The lowest BCUT2D eigenvalue weighted by molar-refractivity contribution is -0.148. The number of carbonyl (C=O) groups is 1. The molecule has 0 spiro atoms. The first-order chi connectivity index (χ1) is 10.1. The number of amides is 1. The molecule has 0 radical (unpaired) electrons. The lowest BCUT2D eigenvalue weighted by Gasteiger charge is -2.38. The average molecular weight is 313 g/mol. The summed E-state index contributed by atoms with van der Waals surface area (Å²) >= 11 is 5.90. The Morgan fingerprint density at radius 2 is 2.33 bits per heavy atom. The first-order valence-corrected chi connectivity index (χ1v) is 7.56. The van der Waals surface area contributed by atoms with Crippen LogP contribution in [0, 0.1) is 5.82 Å². The summed E-state index contributed by atoms with van der Waals surface area (Å²) in [4.78, 5) is 14.3. The Bertz CT molecular complexity index is 561. The van der Waals surface area contributed by atoms with Crippen LogP contribution in [0.4, 0.5) is 4.39 Å². The first-order valence-electron chi connectivity index (χ1n) is 7.18.